The first-order valence-electron chi connectivity index (χ1n) is 11.3. The van der Waals surface area contributed by atoms with Crippen molar-refractivity contribution in [2.45, 2.75) is 40.7 Å². The van der Waals surface area contributed by atoms with Gasteiger partial charge in [0.1, 0.15) is 18.9 Å². The topological polar surface area (TPSA) is 89.3 Å². The van der Waals surface area contributed by atoms with Gasteiger partial charge in [0.15, 0.2) is 0 Å². The summed E-state index contributed by atoms with van der Waals surface area (Å²) >= 11 is 0. The maximum atomic E-state index is 13.1. The van der Waals surface area contributed by atoms with E-state index in [1.165, 1.54) is 6.33 Å². The van der Waals surface area contributed by atoms with Gasteiger partial charge in [-0.15, -0.1) is 0 Å². The van der Waals surface area contributed by atoms with E-state index in [1.807, 2.05) is 70.2 Å². The number of aromatic nitrogens is 3. The highest BCUT2D eigenvalue weighted by atomic mass is 16.5. The summed E-state index contributed by atoms with van der Waals surface area (Å²) in [7, 11) is 0. The highest BCUT2D eigenvalue weighted by Gasteiger charge is 2.38. The fraction of sp³-hybridized carbons (Fsp3) is 0.308. The molecule has 1 atom stereocenters. The molecule has 0 unspecified atom stereocenters. The maximum absolute atomic E-state index is 13.1. The number of hydrogen-bond acceptors (Lipinski definition) is 6. The van der Waals surface area contributed by atoms with Crippen LogP contribution in [-0.4, -0.2) is 39.8 Å². The first kappa shape index (κ1) is 23.2. The summed E-state index contributed by atoms with van der Waals surface area (Å²) in [5, 5.41) is 7.36. The normalized spacial score (nSPS) is 15.2. The standard InChI is InChI=1S/C26H29N5O3/c1-6-34-25(33)23-19(5)30(14-22(32)29-21-12-9-17(3)18(4)13-21)26-27-15-28-31(26)24(23)20-10-7-16(2)8-11-20/h7-13,15,24H,6,14H2,1-5H3,(H,29,32)/t24-/m1/s1. The zero-order chi connectivity index (χ0) is 24.4. The van der Waals surface area contributed by atoms with Gasteiger partial charge in [0.05, 0.1) is 12.2 Å². The molecule has 8 heteroatoms. The summed E-state index contributed by atoms with van der Waals surface area (Å²) in [5.41, 5.74) is 6.01. The average molecular weight is 460 g/mol. The molecule has 1 aromatic heterocycles. The molecule has 1 N–H and O–H groups in total. The number of esters is 1. The van der Waals surface area contributed by atoms with Gasteiger partial charge in [0.25, 0.3) is 0 Å². The lowest BCUT2D eigenvalue weighted by Crippen LogP contribution is -2.40. The Balaban J connectivity index is 1.71. The molecular weight excluding hydrogens is 430 g/mol. The van der Waals surface area contributed by atoms with Crippen LogP contribution in [0.5, 0.6) is 0 Å². The molecule has 1 aliphatic heterocycles. The zero-order valence-corrected chi connectivity index (χ0v) is 20.1. The van der Waals surface area contributed by atoms with Crippen molar-refractivity contribution in [3.63, 3.8) is 0 Å². The van der Waals surface area contributed by atoms with E-state index in [4.69, 9.17) is 4.74 Å². The molecule has 0 saturated heterocycles. The van der Waals surface area contributed by atoms with E-state index in [0.29, 0.717) is 17.2 Å². The zero-order valence-electron chi connectivity index (χ0n) is 20.1. The number of benzene rings is 2. The van der Waals surface area contributed by atoms with Crippen LogP contribution in [0.15, 0.2) is 60.1 Å². The molecule has 3 aromatic rings. The fourth-order valence-corrected chi connectivity index (χ4v) is 4.11. The second-order valence-corrected chi connectivity index (χ2v) is 8.47. The number of allylic oxidation sites excluding steroid dienone is 1. The van der Waals surface area contributed by atoms with Crippen LogP contribution in [0.25, 0.3) is 0 Å². The smallest absolute Gasteiger partial charge is 0.338 e. The molecular formula is C26H29N5O3. The van der Waals surface area contributed by atoms with Crippen LogP contribution < -0.4 is 10.2 Å². The lowest BCUT2D eigenvalue weighted by atomic mass is 9.94. The van der Waals surface area contributed by atoms with Crippen LogP contribution in [0.4, 0.5) is 11.6 Å². The second-order valence-electron chi connectivity index (χ2n) is 8.47. The molecule has 0 bridgehead atoms. The number of hydrogen-bond donors (Lipinski definition) is 1. The number of nitrogens with one attached hydrogen (secondary N) is 1. The van der Waals surface area contributed by atoms with E-state index in [2.05, 4.69) is 15.4 Å². The minimum atomic E-state index is -0.504. The predicted octanol–water partition coefficient (Wildman–Crippen LogP) is 4.09. The van der Waals surface area contributed by atoms with Crippen molar-refractivity contribution in [3.8, 4) is 0 Å². The van der Waals surface area contributed by atoms with Crippen LogP contribution in [-0.2, 0) is 14.3 Å². The van der Waals surface area contributed by atoms with Crippen molar-refractivity contribution < 1.29 is 14.3 Å². The van der Waals surface area contributed by atoms with Gasteiger partial charge in [-0.3, -0.25) is 4.79 Å². The summed E-state index contributed by atoms with van der Waals surface area (Å²) in [6, 6.07) is 13.2. The van der Waals surface area contributed by atoms with E-state index < -0.39 is 12.0 Å². The number of fused-ring (bicyclic) bond motifs is 1. The van der Waals surface area contributed by atoms with Crippen LogP contribution in [0.1, 0.15) is 42.1 Å². The molecule has 0 fully saturated rings. The second kappa shape index (κ2) is 9.51. The summed E-state index contributed by atoms with van der Waals surface area (Å²) in [5.74, 6) is -0.174. The van der Waals surface area contributed by atoms with Gasteiger partial charge >= 0.3 is 5.97 Å². The minimum absolute atomic E-state index is 0.0268. The Bertz CT molecular complexity index is 1260. The van der Waals surface area contributed by atoms with Crippen molar-refractivity contribution >= 4 is 23.5 Å². The highest BCUT2D eigenvalue weighted by molar-refractivity contribution is 5.96. The number of anilines is 2. The molecule has 0 radical (unpaired) electrons. The predicted molar refractivity (Wildman–Crippen MR) is 131 cm³/mol. The monoisotopic (exact) mass is 459 g/mol. The van der Waals surface area contributed by atoms with Crippen LogP contribution in [0.2, 0.25) is 0 Å². The molecule has 1 aliphatic rings. The van der Waals surface area contributed by atoms with E-state index in [9.17, 15) is 9.59 Å². The molecule has 2 heterocycles. The lowest BCUT2D eigenvalue weighted by molar-refractivity contribution is -0.139. The van der Waals surface area contributed by atoms with Gasteiger partial charge in [-0.1, -0.05) is 35.9 Å². The highest BCUT2D eigenvalue weighted by Crippen LogP contribution is 2.38. The van der Waals surface area contributed by atoms with Crippen molar-refractivity contribution in [1.82, 2.24) is 14.8 Å². The third-order valence-corrected chi connectivity index (χ3v) is 6.09. The van der Waals surface area contributed by atoms with Gasteiger partial charge < -0.3 is 15.0 Å². The Labute approximate surface area is 199 Å². The van der Waals surface area contributed by atoms with Crippen molar-refractivity contribution in [2.75, 3.05) is 23.4 Å². The van der Waals surface area contributed by atoms with E-state index in [0.717, 1.165) is 27.9 Å². The Hall–Kier alpha value is -3.94. The average Bonchev–Trinajstić information content (AvgIpc) is 3.28. The van der Waals surface area contributed by atoms with E-state index in [1.54, 1.807) is 16.5 Å². The summed E-state index contributed by atoms with van der Waals surface area (Å²) < 4.78 is 7.08. The summed E-state index contributed by atoms with van der Waals surface area (Å²) in [4.78, 5) is 32.2. The largest absolute Gasteiger partial charge is 0.463 e. The molecule has 176 valence electrons. The number of ether oxygens (including phenoxy) is 1. The minimum Gasteiger partial charge on any atom is -0.463 e. The SMILES string of the molecule is CCOC(=O)C1=C(C)N(CC(=O)Nc2ccc(C)c(C)c2)c2ncnn2[C@@H]1c1ccc(C)cc1. The molecule has 2 aromatic carbocycles. The number of carbonyl (C=O) groups is 2. The third kappa shape index (κ3) is 4.44. The van der Waals surface area contributed by atoms with Gasteiger partial charge in [0, 0.05) is 11.4 Å². The first-order valence-corrected chi connectivity index (χ1v) is 11.3. The van der Waals surface area contributed by atoms with Gasteiger partial charge in [-0.25, -0.2) is 9.48 Å². The maximum Gasteiger partial charge on any atom is 0.338 e. The van der Waals surface area contributed by atoms with Gasteiger partial charge in [-0.05, 0) is 63.4 Å². The quantitative estimate of drug-likeness (QED) is 0.559. The lowest BCUT2D eigenvalue weighted by Gasteiger charge is -2.35. The number of nitrogens with zero attached hydrogens (tertiary/aromatic N) is 4. The Kier molecular flexibility index (Phi) is 6.49. The van der Waals surface area contributed by atoms with Crippen molar-refractivity contribution in [1.29, 1.82) is 0 Å². The molecule has 34 heavy (non-hydrogen) atoms. The molecule has 8 nitrogen and oxygen atoms in total. The van der Waals surface area contributed by atoms with Crippen molar-refractivity contribution in [3.05, 3.63) is 82.3 Å². The summed E-state index contributed by atoms with van der Waals surface area (Å²) in [6.07, 6.45) is 1.44. The van der Waals surface area contributed by atoms with Gasteiger partial charge in [0.2, 0.25) is 11.9 Å². The number of rotatable bonds is 6. The number of aryl methyl sites for hydroxylation is 3. The Morgan fingerprint density at radius 3 is 2.44 bits per heavy atom. The van der Waals surface area contributed by atoms with Gasteiger partial charge in [-0.2, -0.15) is 10.1 Å². The molecule has 1 amide bonds. The Morgan fingerprint density at radius 1 is 1.03 bits per heavy atom. The molecule has 4 rings (SSSR count). The molecule has 0 saturated carbocycles. The number of amides is 1. The Morgan fingerprint density at radius 2 is 1.76 bits per heavy atom. The van der Waals surface area contributed by atoms with E-state index in [-0.39, 0.29) is 19.1 Å². The molecule has 0 aliphatic carbocycles. The van der Waals surface area contributed by atoms with Crippen LogP contribution in [0.3, 0.4) is 0 Å². The van der Waals surface area contributed by atoms with Crippen LogP contribution >= 0.6 is 0 Å². The third-order valence-electron chi connectivity index (χ3n) is 6.09. The number of carbonyl (C=O) groups excluding carboxylic acids is 2. The molecule has 0 spiro atoms. The van der Waals surface area contributed by atoms with Crippen molar-refractivity contribution in [2.24, 2.45) is 0 Å². The summed E-state index contributed by atoms with van der Waals surface area (Å²) in [6.45, 7) is 9.84. The fourth-order valence-electron chi connectivity index (χ4n) is 4.11. The van der Waals surface area contributed by atoms with Crippen LogP contribution in [0, 0.1) is 20.8 Å². The first-order chi connectivity index (χ1) is 16.3. The van der Waals surface area contributed by atoms with E-state index >= 15 is 0 Å².